The Labute approximate surface area is 137 Å². The molecule has 4 nitrogen and oxygen atoms in total. The molecule has 0 N–H and O–H groups in total. The summed E-state index contributed by atoms with van der Waals surface area (Å²) >= 11 is 0. The molecule has 0 bridgehead atoms. The van der Waals surface area contributed by atoms with E-state index in [1.165, 1.54) is 30.0 Å². The summed E-state index contributed by atoms with van der Waals surface area (Å²) in [6.45, 7) is 7.17. The summed E-state index contributed by atoms with van der Waals surface area (Å²) in [6.07, 6.45) is 10.0. The number of nitriles is 1. The minimum atomic E-state index is -3.47. The summed E-state index contributed by atoms with van der Waals surface area (Å²) < 4.78 is 26.6. The van der Waals surface area contributed by atoms with Gasteiger partial charge in [0.1, 0.15) is 0 Å². The third kappa shape index (κ3) is 8.14. The van der Waals surface area contributed by atoms with Crippen molar-refractivity contribution in [2.75, 3.05) is 13.1 Å². The first-order valence-corrected chi connectivity index (χ1v) is 10.4. The standard InChI is InChI=1S/C17H34N2O2S/c1-4-7-8-9-10-11-12-13-17(16-18)22(20,21)19(14-5-2)15-6-3/h17H,4-15H2,1-3H3. The number of sulfonamides is 1. The minimum Gasteiger partial charge on any atom is -0.211 e. The molecule has 1 unspecified atom stereocenters. The molecule has 0 aromatic rings. The van der Waals surface area contributed by atoms with Crippen molar-refractivity contribution in [2.45, 2.75) is 90.2 Å². The van der Waals surface area contributed by atoms with E-state index in [0.29, 0.717) is 19.5 Å². The van der Waals surface area contributed by atoms with Crippen molar-refractivity contribution in [3.05, 3.63) is 0 Å². The van der Waals surface area contributed by atoms with Gasteiger partial charge in [0.2, 0.25) is 10.0 Å². The molecule has 22 heavy (non-hydrogen) atoms. The Morgan fingerprint density at radius 3 is 1.82 bits per heavy atom. The molecule has 0 fully saturated rings. The Hall–Kier alpha value is -0.600. The van der Waals surface area contributed by atoms with E-state index >= 15 is 0 Å². The molecule has 0 aliphatic carbocycles. The average Bonchev–Trinajstić information content (AvgIpc) is 2.49. The highest BCUT2D eigenvalue weighted by Gasteiger charge is 2.30. The predicted octanol–water partition coefficient (Wildman–Crippen LogP) is 4.47. The lowest BCUT2D eigenvalue weighted by molar-refractivity contribution is 0.404. The van der Waals surface area contributed by atoms with Crippen molar-refractivity contribution in [3.8, 4) is 6.07 Å². The van der Waals surface area contributed by atoms with E-state index in [4.69, 9.17) is 0 Å². The Bertz CT molecular complexity index is 395. The van der Waals surface area contributed by atoms with Crippen LogP contribution in [0, 0.1) is 11.3 Å². The van der Waals surface area contributed by atoms with Gasteiger partial charge in [-0.15, -0.1) is 0 Å². The second-order valence-corrected chi connectivity index (χ2v) is 8.09. The summed E-state index contributed by atoms with van der Waals surface area (Å²) in [5.41, 5.74) is 0. The minimum absolute atomic E-state index is 0.469. The fourth-order valence-electron chi connectivity index (χ4n) is 2.61. The molecule has 130 valence electrons. The first-order chi connectivity index (χ1) is 10.5. The molecular weight excluding hydrogens is 296 g/mol. The van der Waals surface area contributed by atoms with Crippen LogP contribution in [0.15, 0.2) is 0 Å². The van der Waals surface area contributed by atoms with Crippen LogP contribution in [0.5, 0.6) is 0 Å². The van der Waals surface area contributed by atoms with Crippen molar-refractivity contribution < 1.29 is 8.42 Å². The van der Waals surface area contributed by atoms with Gasteiger partial charge in [-0.2, -0.15) is 5.26 Å². The predicted molar refractivity (Wildman–Crippen MR) is 93.1 cm³/mol. The van der Waals surface area contributed by atoms with Gasteiger partial charge < -0.3 is 0 Å². The fourth-order valence-corrected chi connectivity index (χ4v) is 4.44. The zero-order valence-corrected chi connectivity index (χ0v) is 15.5. The molecule has 0 aliphatic heterocycles. The number of hydrogen-bond donors (Lipinski definition) is 0. The van der Waals surface area contributed by atoms with Crippen LogP contribution in [0.4, 0.5) is 0 Å². The summed E-state index contributed by atoms with van der Waals surface area (Å²) in [6, 6.07) is 2.02. The van der Waals surface area contributed by atoms with E-state index < -0.39 is 15.3 Å². The zero-order chi connectivity index (χ0) is 16.8. The van der Waals surface area contributed by atoms with Gasteiger partial charge in [0.05, 0.1) is 6.07 Å². The van der Waals surface area contributed by atoms with Crippen LogP contribution in [0.1, 0.15) is 85.0 Å². The fraction of sp³-hybridized carbons (Fsp3) is 0.941. The normalized spacial score (nSPS) is 13.2. The first-order valence-electron chi connectivity index (χ1n) is 8.93. The SMILES string of the molecule is CCCCCCCCCC(C#N)S(=O)(=O)N(CCC)CCC. The summed E-state index contributed by atoms with van der Waals surface area (Å²) in [7, 11) is -3.47. The molecule has 0 aromatic heterocycles. The number of nitrogens with zero attached hydrogens (tertiary/aromatic N) is 2. The van der Waals surface area contributed by atoms with Crippen LogP contribution < -0.4 is 0 Å². The second-order valence-electron chi connectivity index (χ2n) is 5.97. The van der Waals surface area contributed by atoms with Gasteiger partial charge in [-0.3, -0.25) is 0 Å². The van der Waals surface area contributed by atoms with Gasteiger partial charge in [0.15, 0.2) is 5.25 Å². The number of hydrogen-bond acceptors (Lipinski definition) is 3. The van der Waals surface area contributed by atoms with Crippen LogP contribution in [0.2, 0.25) is 0 Å². The maximum Gasteiger partial charge on any atom is 0.230 e. The van der Waals surface area contributed by atoms with Crippen LogP contribution in [0.25, 0.3) is 0 Å². The van der Waals surface area contributed by atoms with Crippen molar-refractivity contribution in [1.29, 1.82) is 5.26 Å². The van der Waals surface area contributed by atoms with Crippen LogP contribution in [0.3, 0.4) is 0 Å². The Kier molecular flexibility index (Phi) is 12.5. The monoisotopic (exact) mass is 330 g/mol. The topological polar surface area (TPSA) is 61.2 Å². The summed E-state index contributed by atoms with van der Waals surface area (Å²) in [5.74, 6) is 0. The lowest BCUT2D eigenvalue weighted by Crippen LogP contribution is -2.39. The molecule has 0 rings (SSSR count). The molecule has 0 aromatic carbocycles. The van der Waals surface area contributed by atoms with E-state index in [-0.39, 0.29) is 0 Å². The lowest BCUT2D eigenvalue weighted by Gasteiger charge is -2.23. The highest BCUT2D eigenvalue weighted by atomic mass is 32.2. The molecule has 0 radical (unpaired) electrons. The van der Waals surface area contributed by atoms with Crippen molar-refractivity contribution in [1.82, 2.24) is 4.31 Å². The van der Waals surface area contributed by atoms with Gasteiger partial charge >= 0.3 is 0 Å². The lowest BCUT2D eigenvalue weighted by atomic mass is 10.1. The third-order valence-electron chi connectivity index (χ3n) is 3.88. The zero-order valence-electron chi connectivity index (χ0n) is 14.7. The highest BCUT2D eigenvalue weighted by molar-refractivity contribution is 7.90. The Morgan fingerprint density at radius 1 is 0.864 bits per heavy atom. The molecule has 1 atom stereocenters. The van der Waals surface area contributed by atoms with Crippen LogP contribution >= 0.6 is 0 Å². The van der Waals surface area contributed by atoms with E-state index in [2.05, 4.69) is 6.92 Å². The van der Waals surface area contributed by atoms with Crippen molar-refractivity contribution in [2.24, 2.45) is 0 Å². The smallest absolute Gasteiger partial charge is 0.211 e. The van der Waals surface area contributed by atoms with E-state index in [1.54, 1.807) is 0 Å². The van der Waals surface area contributed by atoms with E-state index in [9.17, 15) is 13.7 Å². The van der Waals surface area contributed by atoms with Gasteiger partial charge in [-0.05, 0) is 19.3 Å². The summed E-state index contributed by atoms with van der Waals surface area (Å²) in [5, 5.41) is 8.39. The van der Waals surface area contributed by atoms with Crippen molar-refractivity contribution >= 4 is 10.0 Å². The molecule has 0 heterocycles. The highest BCUT2D eigenvalue weighted by Crippen LogP contribution is 2.17. The third-order valence-corrected chi connectivity index (χ3v) is 6.02. The first kappa shape index (κ1) is 21.4. The number of rotatable bonds is 14. The second kappa shape index (κ2) is 12.9. The summed E-state index contributed by atoms with van der Waals surface area (Å²) in [4.78, 5) is 0. The van der Waals surface area contributed by atoms with Gasteiger partial charge in [0.25, 0.3) is 0 Å². The molecule has 0 aliphatic rings. The molecule has 0 amide bonds. The maximum atomic E-state index is 12.6. The van der Waals surface area contributed by atoms with Gasteiger partial charge in [-0.25, -0.2) is 12.7 Å². The molecule has 0 saturated heterocycles. The Morgan fingerprint density at radius 2 is 1.36 bits per heavy atom. The molecular formula is C17H34N2O2S. The Balaban J connectivity index is 4.33. The van der Waals surface area contributed by atoms with Crippen LogP contribution in [-0.2, 0) is 10.0 Å². The molecule has 0 saturated carbocycles. The van der Waals surface area contributed by atoms with Gasteiger partial charge in [0, 0.05) is 13.1 Å². The van der Waals surface area contributed by atoms with E-state index in [0.717, 1.165) is 32.1 Å². The van der Waals surface area contributed by atoms with Crippen molar-refractivity contribution in [3.63, 3.8) is 0 Å². The quantitative estimate of drug-likeness (QED) is 0.441. The largest absolute Gasteiger partial charge is 0.230 e. The average molecular weight is 331 g/mol. The van der Waals surface area contributed by atoms with Crippen LogP contribution in [-0.4, -0.2) is 31.1 Å². The molecule has 0 spiro atoms. The van der Waals surface area contributed by atoms with Gasteiger partial charge in [-0.1, -0.05) is 65.7 Å². The molecule has 5 heteroatoms. The maximum absolute atomic E-state index is 12.6. The number of unbranched alkanes of at least 4 members (excludes halogenated alkanes) is 6. The van der Waals surface area contributed by atoms with E-state index in [1.807, 2.05) is 19.9 Å².